The van der Waals surface area contributed by atoms with Gasteiger partial charge in [0.2, 0.25) is 5.82 Å². The van der Waals surface area contributed by atoms with Crippen molar-refractivity contribution >= 4 is 16.5 Å². The first kappa shape index (κ1) is 19.1. The number of hydrogen-bond acceptors (Lipinski definition) is 4. The Bertz CT molecular complexity index is 946. The molecule has 142 valence electrons. The van der Waals surface area contributed by atoms with Crippen molar-refractivity contribution in [2.24, 2.45) is 0 Å². The first-order valence-corrected chi connectivity index (χ1v) is 8.56. The van der Waals surface area contributed by atoms with Crippen molar-refractivity contribution in [2.75, 3.05) is 12.8 Å². The zero-order chi connectivity index (χ0) is 19.7. The normalized spacial score (nSPS) is 12.2. The lowest BCUT2D eigenvalue weighted by Crippen LogP contribution is -2.13. The topological polar surface area (TPSA) is 48.1 Å². The number of anilines is 1. The van der Waals surface area contributed by atoms with Gasteiger partial charge in [0.05, 0.1) is 12.8 Å². The van der Waals surface area contributed by atoms with Crippen LogP contribution in [0.5, 0.6) is 5.75 Å². The Balaban J connectivity index is 2.10. The molecule has 0 radical (unpaired) electrons. The summed E-state index contributed by atoms with van der Waals surface area (Å²) in [5, 5.41) is 1.80. The van der Waals surface area contributed by atoms with E-state index in [0.29, 0.717) is 17.0 Å². The molecular weight excluding hydrogens is 387 g/mol. The van der Waals surface area contributed by atoms with E-state index >= 15 is 0 Å². The van der Waals surface area contributed by atoms with E-state index in [2.05, 4.69) is 4.98 Å². The number of halogens is 5. The van der Waals surface area contributed by atoms with Crippen LogP contribution in [0.3, 0.4) is 0 Å². The highest BCUT2D eigenvalue weighted by Gasteiger charge is 2.29. The van der Waals surface area contributed by atoms with E-state index in [9.17, 15) is 22.0 Å². The van der Waals surface area contributed by atoms with E-state index in [1.54, 1.807) is 29.6 Å². The van der Waals surface area contributed by atoms with E-state index in [-0.39, 0.29) is 5.13 Å². The van der Waals surface area contributed by atoms with Crippen molar-refractivity contribution in [2.45, 2.75) is 12.3 Å². The highest BCUT2D eigenvalue weighted by atomic mass is 32.1. The van der Waals surface area contributed by atoms with Gasteiger partial charge in [-0.3, -0.25) is 0 Å². The first-order chi connectivity index (χ1) is 12.8. The van der Waals surface area contributed by atoms with Crippen molar-refractivity contribution in [1.82, 2.24) is 4.98 Å². The lowest BCUT2D eigenvalue weighted by molar-refractivity contribution is 0.368. The summed E-state index contributed by atoms with van der Waals surface area (Å²) >= 11 is 1.11. The summed E-state index contributed by atoms with van der Waals surface area (Å²) in [6, 6.07) is 6.50. The molecule has 3 aromatic rings. The third-order valence-corrected chi connectivity index (χ3v) is 4.82. The number of benzene rings is 2. The van der Waals surface area contributed by atoms with Gasteiger partial charge in [-0.05, 0) is 24.1 Å². The SMILES string of the molecule is COc1ccc(C(Cc2c(F)c(F)c(F)c(F)c2F)c2csc(N)n2)cc1. The molecule has 1 unspecified atom stereocenters. The molecule has 0 fully saturated rings. The van der Waals surface area contributed by atoms with E-state index < -0.39 is 47.0 Å². The fourth-order valence-corrected chi connectivity index (χ4v) is 3.34. The van der Waals surface area contributed by atoms with Crippen LogP contribution in [0.1, 0.15) is 22.7 Å². The van der Waals surface area contributed by atoms with Gasteiger partial charge in [0.25, 0.3) is 0 Å². The minimum atomic E-state index is -2.19. The van der Waals surface area contributed by atoms with E-state index in [0.717, 1.165) is 11.3 Å². The third kappa shape index (κ3) is 3.59. The van der Waals surface area contributed by atoms with Crippen LogP contribution < -0.4 is 10.5 Å². The molecular formula is C18H13F5N2OS. The van der Waals surface area contributed by atoms with E-state index in [4.69, 9.17) is 10.5 Å². The van der Waals surface area contributed by atoms with Crippen molar-refractivity contribution < 1.29 is 26.7 Å². The Kier molecular flexibility index (Phi) is 5.31. The summed E-state index contributed by atoms with van der Waals surface area (Å²) in [5.41, 5.74) is 5.65. The summed E-state index contributed by atoms with van der Waals surface area (Å²) in [6.07, 6.45) is -0.485. The number of nitrogens with two attached hydrogens (primary N) is 1. The van der Waals surface area contributed by atoms with Crippen molar-refractivity contribution in [3.05, 3.63) is 75.6 Å². The molecule has 0 spiro atoms. The van der Waals surface area contributed by atoms with Crippen LogP contribution in [0.25, 0.3) is 0 Å². The highest BCUT2D eigenvalue weighted by Crippen LogP contribution is 2.34. The summed E-state index contributed by atoms with van der Waals surface area (Å²) < 4.78 is 73.7. The van der Waals surface area contributed by atoms with Gasteiger partial charge in [0.15, 0.2) is 28.4 Å². The second kappa shape index (κ2) is 7.51. The first-order valence-electron chi connectivity index (χ1n) is 7.68. The number of methoxy groups -OCH3 is 1. The average Bonchev–Trinajstić information content (AvgIpc) is 3.11. The van der Waals surface area contributed by atoms with Gasteiger partial charge in [0, 0.05) is 16.9 Å². The van der Waals surface area contributed by atoms with Crippen LogP contribution in [0.15, 0.2) is 29.6 Å². The smallest absolute Gasteiger partial charge is 0.200 e. The lowest BCUT2D eigenvalue weighted by Gasteiger charge is -2.17. The molecule has 2 aromatic carbocycles. The summed E-state index contributed by atoms with van der Waals surface area (Å²) in [5.74, 6) is -10.1. The van der Waals surface area contributed by atoms with Crippen molar-refractivity contribution in [3.63, 3.8) is 0 Å². The van der Waals surface area contributed by atoms with Gasteiger partial charge in [-0.25, -0.2) is 26.9 Å². The maximum atomic E-state index is 14.1. The van der Waals surface area contributed by atoms with Gasteiger partial charge < -0.3 is 10.5 Å². The highest BCUT2D eigenvalue weighted by molar-refractivity contribution is 7.13. The molecule has 0 amide bonds. The maximum absolute atomic E-state index is 14.1. The van der Waals surface area contributed by atoms with Crippen molar-refractivity contribution in [1.29, 1.82) is 0 Å². The summed E-state index contributed by atoms with van der Waals surface area (Å²) in [4.78, 5) is 4.11. The van der Waals surface area contributed by atoms with Crippen LogP contribution in [0.2, 0.25) is 0 Å². The number of nitrogen functional groups attached to an aromatic ring is 1. The summed E-state index contributed by atoms with van der Waals surface area (Å²) in [7, 11) is 1.47. The molecule has 3 rings (SSSR count). The second-order valence-corrected chi connectivity index (χ2v) is 6.58. The predicted octanol–water partition coefficient (Wildman–Crippen LogP) is 4.80. The molecule has 0 bridgehead atoms. The van der Waals surface area contributed by atoms with Crippen LogP contribution >= 0.6 is 11.3 Å². The minimum absolute atomic E-state index is 0.223. The Labute approximate surface area is 155 Å². The quantitative estimate of drug-likeness (QED) is 0.380. The molecule has 27 heavy (non-hydrogen) atoms. The number of nitrogens with zero attached hydrogens (tertiary/aromatic N) is 1. The molecule has 1 aromatic heterocycles. The Morgan fingerprint density at radius 1 is 0.963 bits per heavy atom. The number of ether oxygens (including phenoxy) is 1. The molecule has 0 saturated heterocycles. The van der Waals surface area contributed by atoms with Gasteiger partial charge >= 0.3 is 0 Å². The van der Waals surface area contributed by atoms with Crippen molar-refractivity contribution in [3.8, 4) is 5.75 Å². The molecule has 2 N–H and O–H groups in total. The number of rotatable bonds is 5. The molecule has 0 saturated carbocycles. The Hall–Kier alpha value is -2.68. The molecule has 0 aliphatic rings. The largest absolute Gasteiger partial charge is 0.497 e. The van der Waals surface area contributed by atoms with E-state index in [1.165, 1.54) is 7.11 Å². The number of thiazole rings is 1. The average molecular weight is 400 g/mol. The zero-order valence-corrected chi connectivity index (χ0v) is 14.7. The van der Waals surface area contributed by atoms with Gasteiger partial charge in [-0.2, -0.15) is 0 Å². The molecule has 3 nitrogen and oxygen atoms in total. The number of hydrogen-bond donors (Lipinski definition) is 1. The monoisotopic (exact) mass is 400 g/mol. The minimum Gasteiger partial charge on any atom is -0.497 e. The molecule has 0 aliphatic carbocycles. The molecule has 0 aliphatic heterocycles. The molecule has 9 heteroatoms. The van der Waals surface area contributed by atoms with Gasteiger partial charge in [-0.15, -0.1) is 11.3 Å². The standard InChI is InChI=1S/C18H13F5N2OS/c1-26-9-4-2-8(3-5-9)10(12-7-27-18(24)25-12)6-11-13(19)15(21)17(23)16(22)14(11)20/h2-5,7,10H,6H2,1H3,(H2,24,25). The molecule has 1 heterocycles. The van der Waals surface area contributed by atoms with Crippen LogP contribution in [-0.2, 0) is 6.42 Å². The second-order valence-electron chi connectivity index (χ2n) is 5.69. The van der Waals surface area contributed by atoms with Gasteiger partial charge in [0.1, 0.15) is 5.75 Å². The maximum Gasteiger partial charge on any atom is 0.200 e. The number of aromatic nitrogens is 1. The van der Waals surface area contributed by atoms with Crippen LogP contribution in [0, 0.1) is 29.1 Å². The van der Waals surface area contributed by atoms with Crippen LogP contribution in [-0.4, -0.2) is 12.1 Å². The third-order valence-electron chi connectivity index (χ3n) is 4.12. The Morgan fingerprint density at radius 2 is 1.52 bits per heavy atom. The summed E-state index contributed by atoms with van der Waals surface area (Å²) in [6.45, 7) is 0. The predicted molar refractivity (Wildman–Crippen MR) is 91.3 cm³/mol. The van der Waals surface area contributed by atoms with Gasteiger partial charge in [-0.1, -0.05) is 12.1 Å². The lowest BCUT2D eigenvalue weighted by atomic mass is 9.89. The molecule has 1 atom stereocenters. The van der Waals surface area contributed by atoms with Crippen LogP contribution in [0.4, 0.5) is 27.1 Å². The Morgan fingerprint density at radius 3 is 2.00 bits per heavy atom. The zero-order valence-electron chi connectivity index (χ0n) is 13.9. The fraction of sp³-hybridized carbons (Fsp3) is 0.167. The van der Waals surface area contributed by atoms with E-state index in [1.807, 2.05) is 0 Å². The fourth-order valence-electron chi connectivity index (χ4n) is 2.72.